The molecule has 5 atom stereocenters. The van der Waals surface area contributed by atoms with Crippen LogP contribution in [0.3, 0.4) is 0 Å². The summed E-state index contributed by atoms with van der Waals surface area (Å²) in [6, 6.07) is 0. The molecule has 1 rings (SSSR count). The number of esters is 2. The van der Waals surface area contributed by atoms with Gasteiger partial charge in [0.1, 0.15) is 12.4 Å². The van der Waals surface area contributed by atoms with Gasteiger partial charge in [-0.15, -0.1) is 0 Å². The number of ketones is 1. The molecule has 0 bridgehead atoms. The lowest BCUT2D eigenvalue weighted by Crippen LogP contribution is -2.29. The van der Waals surface area contributed by atoms with Crippen molar-refractivity contribution in [1.82, 2.24) is 0 Å². The molecule has 0 heterocycles. The van der Waals surface area contributed by atoms with E-state index in [4.69, 9.17) is 19.3 Å². The second-order valence-corrected chi connectivity index (χ2v) is 14.9. The molecule has 0 aromatic carbocycles. The van der Waals surface area contributed by atoms with Crippen molar-refractivity contribution in [2.75, 3.05) is 13.2 Å². The van der Waals surface area contributed by atoms with Crippen molar-refractivity contribution in [3.63, 3.8) is 0 Å². The van der Waals surface area contributed by atoms with E-state index in [1.165, 1.54) is 19.3 Å². The van der Waals surface area contributed by atoms with Crippen molar-refractivity contribution in [2.24, 2.45) is 11.8 Å². The molecule has 0 unspecified atom stereocenters. The van der Waals surface area contributed by atoms with Crippen LogP contribution in [0.25, 0.3) is 0 Å². The summed E-state index contributed by atoms with van der Waals surface area (Å²) < 4.78 is 26.2. The molecule has 1 saturated carbocycles. The third-order valence-electron chi connectivity index (χ3n) is 8.88. The van der Waals surface area contributed by atoms with E-state index in [2.05, 4.69) is 54.8 Å². The first-order chi connectivity index (χ1) is 25.5. The molecule has 4 N–H and O–H groups in total. The lowest BCUT2D eigenvalue weighted by atomic mass is 9.90. The molecule has 0 amide bonds. The van der Waals surface area contributed by atoms with Crippen LogP contribution < -0.4 is 0 Å². The van der Waals surface area contributed by atoms with E-state index >= 15 is 0 Å². The topological polar surface area (TPSA) is 177 Å². The van der Waals surface area contributed by atoms with Gasteiger partial charge in [-0.3, -0.25) is 18.9 Å². The SMILES string of the molecule is CCCCC/C=C\C/C=C\C/C=C\CCCCC(=O)OC[C@H](COP(=O)(O)O)OC(=O)CCC/C=C\C[C@H]1C(=O)C[C@@H](O)[C@@H]1/C=C/[C@@H](O)CCCCC. The molecule has 0 aromatic rings. The molecule has 1 fully saturated rings. The predicted octanol–water partition coefficient (Wildman–Crippen LogP) is 8.32. The minimum atomic E-state index is -4.84. The van der Waals surface area contributed by atoms with Crippen LogP contribution in [0.5, 0.6) is 0 Å². The molecular weight excluding hydrogens is 699 g/mol. The quantitative estimate of drug-likeness (QED) is 0.0231. The van der Waals surface area contributed by atoms with Gasteiger partial charge >= 0.3 is 19.8 Å². The van der Waals surface area contributed by atoms with Gasteiger partial charge in [-0.05, 0) is 70.6 Å². The normalized spacial score (nSPS) is 19.4. The number of aliphatic hydroxyl groups excluding tert-OH is 2. The number of rotatable bonds is 31. The number of ether oxygens (including phenoxy) is 2. The van der Waals surface area contributed by atoms with Crippen molar-refractivity contribution >= 4 is 25.5 Å². The summed E-state index contributed by atoms with van der Waals surface area (Å²) >= 11 is 0. The summed E-state index contributed by atoms with van der Waals surface area (Å²) in [5.41, 5.74) is 0. The zero-order valence-electron chi connectivity index (χ0n) is 32.1. The van der Waals surface area contributed by atoms with Gasteiger partial charge in [-0.1, -0.05) is 107 Å². The zero-order chi connectivity index (χ0) is 39.2. The van der Waals surface area contributed by atoms with E-state index < -0.39 is 51.3 Å². The molecule has 53 heavy (non-hydrogen) atoms. The van der Waals surface area contributed by atoms with Crippen LogP contribution in [-0.4, -0.2) is 69.2 Å². The van der Waals surface area contributed by atoms with Crippen LogP contribution in [0.4, 0.5) is 0 Å². The monoisotopic (exact) mass is 766 g/mol. The lowest BCUT2D eigenvalue weighted by Gasteiger charge is -2.18. The van der Waals surface area contributed by atoms with E-state index in [-0.39, 0.29) is 36.9 Å². The van der Waals surface area contributed by atoms with E-state index in [0.717, 1.165) is 51.4 Å². The highest BCUT2D eigenvalue weighted by Crippen LogP contribution is 2.36. The second-order valence-electron chi connectivity index (χ2n) is 13.7. The molecule has 0 aromatic heterocycles. The summed E-state index contributed by atoms with van der Waals surface area (Å²) in [4.78, 5) is 55.4. The number of hydrogen-bond acceptors (Lipinski definition) is 9. The van der Waals surface area contributed by atoms with Crippen LogP contribution in [-0.2, 0) is 32.9 Å². The maximum atomic E-state index is 12.5. The molecule has 11 nitrogen and oxygen atoms in total. The maximum absolute atomic E-state index is 12.5. The summed E-state index contributed by atoms with van der Waals surface area (Å²) in [7, 11) is -4.84. The minimum Gasteiger partial charge on any atom is -0.462 e. The average molecular weight is 767 g/mol. The molecule has 1 aliphatic carbocycles. The Morgan fingerprint density at radius 2 is 1.38 bits per heavy atom. The first kappa shape index (κ1) is 48.4. The van der Waals surface area contributed by atoms with Gasteiger partial charge in [0, 0.05) is 31.1 Å². The Hall–Kier alpha value is -2.66. The van der Waals surface area contributed by atoms with Crippen molar-refractivity contribution in [3.8, 4) is 0 Å². The van der Waals surface area contributed by atoms with Gasteiger partial charge in [0.15, 0.2) is 6.10 Å². The van der Waals surface area contributed by atoms with E-state index in [1.807, 2.05) is 12.2 Å². The highest BCUT2D eigenvalue weighted by molar-refractivity contribution is 7.46. The van der Waals surface area contributed by atoms with E-state index in [9.17, 15) is 29.2 Å². The van der Waals surface area contributed by atoms with E-state index in [1.54, 1.807) is 12.2 Å². The smallest absolute Gasteiger partial charge is 0.462 e. The first-order valence-corrected chi connectivity index (χ1v) is 21.2. The predicted molar refractivity (Wildman–Crippen MR) is 208 cm³/mol. The Labute approximate surface area is 317 Å². The maximum Gasteiger partial charge on any atom is 0.469 e. The van der Waals surface area contributed by atoms with Crippen LogP contribution in [0.2, 0.25) is 0 Å². The Bertz CT molecular complexity index is 1200. The van der Waals surface area contributed by atoms with E-state index in [0.29, 0.717) is 32.1 Å². The summed E-state index contributed by atoms with van der Waals surface area (Å²) in [6.07, 6.45) is 31.7. The largest absolute Gasteiger partial charge is 0.469 e. The number of hydrogen-bond donors (Lipinski definition) is 4. The Kier molecular flexibility index (Phi) is 28.0. The fourth-order valence-corrected chi connectivity index (χ4v) is 6.19. The number of allylic oxidation sites excluding steroid dienone is 8. The van der Waals surface area contributed by atoms with Crippen LogP contribution in [0, 0.1) is 11.8 Å². The minimum absolute atomic E-state index is 0.00648. The van der Waals surface area contributed by atoms with Gasteiger partial charge in [0.2, 0.25) is 0 Å². The third-order valence-corrected chi connectivity index (χ3v) is 9.36. The second kappa shape index (κ2) is 30.6. The van der Waals surface area contributed by atoms with Crippen molar-refractivity contribution < 1.29 is 52.9 Å². The number of phosphoric ester groups is 1. The highest BCUT2D eigenvalue weighted by atomic mass is 31.2. The molecule has 0 spiro atoms. The van der Waals surface area contributed by atoms with Crippen molar-refractivity contribution in [1.29, 1.82) is 0 Å². The fraction of sp³-hybridized carbons (Fsp3) is 0.683. The number of phosphoric acid groups is 1. The highest BCUT2D eigenvalue weighted by Gasteiger charge is 2.39. The summed E-state index contributed by atoms with van der Waals surface area (Å²) in [5, 5.41) is 20.6. The molecular formula is C41H67O11P. The Morgan fingerprint density at radius 1 is 0.792 bits per heavy atom. The number of carbonyl (C=O) groups excluding carboxylic acids is 3. The van der Waals surface area contributed by atoms with Crippen LogP contribution >= 0.6 is 7.82 Å². The van der Waals surface area contributed by atoms with Gasteiger partial charge in [0.05, 0.1) is 18.8 Å². The van der Waals surface area contributed by atoms with Crippen LogP contribution in [0.1, 0.15) is 136 Å². The molecule has 0 aliphatic heterocycles. The molecule has 0 saturated heterocycles. The zero-order valence-corrected chi connectivity index (χ0v) is 33.0. The van der Waals surface area contributed by atoms with Gasteiger partial charge < -0.3 is 29.5 Å². The first-order valence-electron chi connectivity index (χ1n) is 19.7. The van der Waals surface area contributed by atoms with Crippen LogP contribution in [0.15, 0.2) is 60.8 Å². The Balaban J connectivity index is 2.37. The summed E-state index contributed by atoms with van der Waals surface area (Å²) in [6.45, 7) is 3.27. The third kappa shape index (κ3) is 26.7. The van der Waals surface area contributed by atoms with Crippen molar-refractivity contribution in [3.05, 3.63) is 60.8 Å². The lowest BCUT2D eigenvalue weighted by molar-refractivity contribution is -0.161. The standard InChI is InChI=1S/C41H67O11P/c1-3-5-7-8-9-10-11-12-13-14-15-16-17-18-23-27-40(45)50-32-35(33-51-53(47,48)49)52-41(46)28-24-20-19-22-26-36-37(39(44)31-38(36)43)30-29-34(42)25-21-6-4-2/h9-10,12-13,15-16,19,22,29-30,34-37,39,42,44H,3-8,11,14,17-18,20-21,23-28,31-33H2,1-2H3,(H2,47,48,49)/b10-9-,13-12-,16-15-,22-19-,30-29+/t34-,35+,36+,37+,39+/m0/s1. The molecule has 12 heteroatoms. The molecule has 302 valence electrons. The van der Waals surface area contributed by atoms with Gasteiger partial charge in [-0.25, -0.2) is 4.57 Å². The molecule has 0 radical (unpaired) electrons. The van der Waals surface area contributed by atoms with Crippen molar-refractivity contribution in [2.45, 2.75) is 154 Å². The van der Waals surface area contributed by atoms with Gasteiger partial charge in [-0.2, -0.15) is 0 Å². The average Bonchev–Trinajstić information content (AvgIpc) is 3.38. The number of unbranched alkanes of at least 4 members (excludes halogenated alkanes) is 8. The number of Topliss-reactive ketones (excluding diaryl/α,β-unsaturated/α-hetero) is 1. The summed E-state index contributed by atoms with van der Waals surface area (Å²) in [5.74, 6) is -1.90. The number of aliphatic hydroxyl groups is 2. The molecule has 1 aliphatic rings. The Morgan fingerprint density at radius 3 is 2.04 bits per heavy atom. The number of carbonyl (C=O) groups is 3. The van der Waals surface area contributed by atoms with Gasteiger partial charge in [0.25, 0.3) is 0 Å². The fourth-order valence-electron chi connectivity index (χ4n) is 5.83.